The highest BCUT2D eigenvalue weighted by Gasteiger charge is 2.14. The number of benzene rings is 2. The maximum atomic E-state index is 9.87. The minimum atomic E-state index is -0.0570. The molecule has 2 atom stereocenters. The molecule has 0 bridgehead atoms. The van der Waals surface area contributed by atoms with Crippen LogP contribution in [-0.2, 0) is 0 Å². The minimum Gasteiger partial charge on any atom is -0.508 e. The molecular formula is C17H21NO2. The monoisotopic (exact) mass is 271 g/mol. The SMILES string of the molecule is Cc1ccc([C@H](C)NC(C)c2cc(O)ccc2O)cc1. The summed E-state index contributed by atoms with van der Waals surface area (Å²) in [5, 5.41) is 22.8. The molecule has 2 aromatic rings. The smallest absolute Gasteiger partial charge is 0.120 e. The summed E-state index contributed by atoms with van der Waals surface area (Å²) in [7, 11) is 0. The van der Waals surface area contributed by atoms with Gasteiger partial charge in [-0.2, -0.15) is 0 Å². The van der Waals surface area contributed by atoms with Gasteiger partial charge in [-0.1, -0.05) is 29.8 Å². The Morgan fingerprint density at radius 3 is 2.20 bits per heavy atom. The molecule has 1 unspecified atom stereocenters. The number of phenolic OH excluding ortho intramolecular Hbond substituents is 2. The molecule has 3 N–H and O–H groups in total. The third kappa shape index (κ3) is 3.31. The summed E-state index contributed by atoms with van der Waals surface area (Å²) in [4.78, 5) is 0. The van der Waals surface area contributed by atoms with Gasteiger partial charge in [0, 0.05) is 17.6 Å². The zero-order valence-electron chi connectivity index (χ0n) is 12.1. The van der Waals surface area contributed by atoms with Crippen molar-refractivity contribution in [3.8, 4) is 11.5 Å². The maximum Gasteiger partial charge on any atom is 0.120 e. The van der Waals surface area contributed by atoms with Gasteiger partial charge in [0.2, 0.25) is 0 Å². The Bertz CT molecular complexity index is 578. The second-order valence-electron chi connectivity index (χ2n) is 5.26. The van der Waals surface area contributed by atoms with E-state index in [2.05, 4.69) is 43.4 Å². The number of hydrogen-bond donors (Lipinski definition) is 3. The molecule has 3 heteroatoms. The fourth-order valence-electron chi connectivity index (χ4n) is 2.30. The van der Waals surface area contributed by atoms with Crippen molar-refractivity contribution in [1.82, 2.24) is 5.32 Å². The zero-order valence-corrected chi connectivity index (χ0v) is 12.1. The Morgan fingerprint density at radius 1 is 0.900 bits per heavy atom. The van der Waals surface area contributed by atoms with Gasteiger partial charge >= 0.3 is 0 Å². The third-order valence-corrected chi connectivity index (χ3v) is 3.55. The standard InChI is InChI=1S/C17H21NO2/c1-11-4-6-14(7-5-11)12(2)18-13(3)16-10-15(19)8-9-17(16)20/h4-10,12-13,18-20H,1-3H3/t12-,13?/m0/s1. The van der Waals surface area contributed by atoms with Gasteiger partial charge in [0.1, 0.15) is 11.5 Å². The summed E-state index contributed by atoms with van der Waals surface area (Å²) < 4.78 is 0. The predicted molar refractivity (Wildman–Crippen MR) is 80.9 cm³/mol. The molecule has 0 aliphatic heterocycles. The van der Waals surface area contributed by atoms with E-state index in [9.17, 15) is 10.2 Å². The average Bonchev–Trinajstić information content (AvgIpc) is 2.42. The van der Waals surface area contributed by atoms with Crippen LogP contribution in [-0.4, -0.2) is 10.2 Å². The Morgan fingerprint density at radius 2 is 1.55 bits per heavy atom. The number of rotatable bonds is 4. The van der Waals surface area contributed by atoms with Crippen LogP contribution in [0.2, 0.25) is 0 Å². The quantitative estimate of drug-likeness (QED) is 0.741. The lowest BCUT2D eigenvalue weighted by molar-refractivity contribution is 0.429. The van der Waals surface area contributed by atoms with Gasteiger partial charge in [0.15, 0.2) is 0 Å². The molecule has 0 spiro atoms. The highest BCUT2D eigenvalue weighted by molar-refractivity contribution is 5.40. The largest absolute Gasteiger partial charge is 0.508 e. The molecule has 20 heavy (non-hydrogen) atoms. The first-order valence-electron chi connectivity index (χ1n) is 6.82. The first kappa shape index (κ1) is 14.4. The predicted octanol–water partition coefficient (Wildman–Crippen LogP) is 3.82. The average molecular weight is 271 g/mol. The second-order valence-corrected chi connectivity index (χ2v) is 5.26. The highest BCUT2D eigenvalue weighted by atomic mass is 16.3. The van der Waals surface area contributed by atoms with Crippen LogP contribution < -0.4 is 5.32 Å². The third-order valence-electron chi connectivity index (χ3n) is 3.55. The van der Waals surface area contributed by atoms with Gasteiger partial charge in [-0.3, -0.25) is 0 Å². The van der Waals surface area contributed by atoms with E-state index in [-0.39, 0.29) is 23.6 Å². The van der Waals surface area contributed by atoms with E-state index in [1.54, 1.807) is 6.07 Å². The van der Waals surface area contributed by atoms with Crippen LogP contribution in [0.25, 0.3) is 0 Å². The van der Waals surface area contributed by atoms with Crippen molar-refractivity contribution in [2.24, 2.45) is 0 Å². The van der Waals surface area contributed by atoms with Crippen LogP contribution in [0.5, 0.6) is 11.5 Å². The van der Waals surface area contributed by atoms with Gasteiger partial charge in [-0.05, 0) is 44.5 Å². The Kier molecular flexibility index (Phi) is 4.30. The summed E-state index contributed by atoms with van der Waals surface area (Å²) in [6.07, 6.45) is 0. The summed E-state index contributed by atoms with van der Waals surface area (Å²) >= 11 is 0. The molecular weight excluding hydrogens is 250 g/mol. The topological polar surface area (TPSA) is 52.5 Å². The van der Waals surface area contributed by atoms with Crippen molar-refractivity contribution in [2.45, 2.75) is 32.9 Å². The summed E-state index contributed by atoms with van der Waals surface area (Å²) in [5.74, 6) is 0.355. The van der Waals surface area contributed by atoms with Crippen molar-refractivity contribution >= 4 is 0 Å². The number of phenols is 2. The van der Waals surface area contributed by atoms with E-state index in [0.29, 0.717) is 5.56 Å². The number of hydrogen-bond acceptors (Lipinski definition) is 3. The van der Waals surface area contributed by atoms with E-state index < -0.39 is 0 Å². The van der Waals surface area contributed by atoms with Gasteiger partial charge < -0.3 is 15.5 Å². The van der Waals surface area contributed by atoms with Crippen molar-refractivity contribution < 1.29 is 10.2 Å². The van der Waals surface area contributed by atoms with Crippen LogP contribution in [0.4, 0.5) is 0 Å². The highest BCUT2D eigenvalue weighted by Crippen LogP contribution is 2.29. The van der Waals surface area contributed by atoms with E-state index in [4.69, 9.17) is 0 Å². The Labute approximate surface area is 119 Å². The Hall–Kier alpha value is -2.00. The molecule has 3 nitrogen and oxygen atoms in total. The lowest BCUT2D eigenvalue weighted by Gasteiger charge is -2.21. The lowest BCUT2D eigenvalue weighted by atomic mass is 10.0. The van der Waals surface area contributed by atoms with Crippen LogP contribution >= 0.6 is 0 Å². The number of aromatic hydroxyl groups is 2. The molecule has 0 saturated carbocycles. The first-order chi connectivity index (χ1) is 9.47. The van der Waals surface area contributed by atoms with E-state index in [1.807, 2.05) is 6.92 Å². The van der Waals surface area contributed by atoms with Crippen LogP contribution in [0.1, 0.15) is 42.6 Å². The van der Waals surface area contributed by atoms with E-state index in [0.717, 1.165) is 0 Å². The first-order valence-corrected chi connectivity index (χ1v) is 6.82. The lowest BCUT2D eigenvalue weighted by Crippen LogP contribution is -2.22. The second kappa shape index (κ2) is 5.97. The number of nitrogens with one attached hydrogen (secondary N) is 1. The molecule has 0 aliphatic carbocycles. The van der Waals surface area contributed by atoms with Gasteiger partial charge in [0.05, 0.1) is 0 Å². The zero-order chi connectivity index (χ0) is 14.7. The molecule has 0 radical (unpaired) electrons. The summed E-state index contributed by atoms with van der Waals surface area (Å²) in [6.45, 7) is 6.12. The van der Waals surface area contributed by atoms with Gasteiger partial charge in [-0.25, -0.2) is 0 Å². The van der Waals surface area contributed by atoms with Crippen LogP contribution in [0, 0.1) is 6.92 Å². The molecule has 0 aromatic heterocycles. The van der Waals surface area contributed by atoms with Gasteiger partial charge in [0.25, 0.3) is 0 Å². The number of aryl methyl sites for hydroxylation is 1. The van der Waals surface area contributed by atoms with E-state index in [1.165, 1.54) is 23.3 Å². The van der Waals surface area contributed by atoms with Crippen molar-refractivity contribution in [3.05, 3.63) is 59.2 Å². The molecule has 0 fully saturated rings. The minimum absolute atomic E-state index is 0.0570. The van der Waals surface area contributed by atoms with Crippen molar-refractivity contribution in [3.63, 3.8) is 0 Å². The summed E-state index contributed by atoms with van der Waals surface area (Å²) in [5.41, 5.74) is 3.13. The maximum absolute atomic E-state index is 9.87. The molecule has 0 saturated heterocycles. The Balaban J connectivity index is 2.12. The molecule has 0 heterocycles. The van der Waals surface area contributed by atoms with Crippen molar-refractivity contribution in [2.75, 3.05) is 0 Å². The van der Waals surface area contributed by atoms with Crippen LogP contribution in [0.15, 0.2) is 42.5 Å². The fraction of sp³-hybridized carbons (Fsp3) is 0.294. The van der Waals surface area contributed by atoms with Crippen LogP contribution in [0.3, 0.4) is 0 Å². The molecule has 2 aromatic carbocycles. The van der Waals surface area contributed by atoms with Gasteiger partial charge in [-0.15, -0.1) is 0 Å². The van der Waals surface area contributed by atoms with Crippen molar-refractivity contribution in [1.29, 1.82) is 0 Å². The van der Waals surface area contributed by atoms with E-state index >= 15 is 0 Å². The molecule has 0 amide bonds. The molecule has 0 aliphatic rings. The molecule has 106 valence electrons. The fourth-order valence-corrected chi connectivity index (χ4v) is 2.30. The molecule has 2 rings (SSSR count). The summed E-state index contributed by atoms with van der Waals surface area (Å²) in [6, 6.07) is 13.1. The normalized spacial score (nSPS) is 13.9.